The number of ether oxygens (including phenoxy) is 1. The number of nitrogens with one attached hydrogen (secondary N) is 1. The fraction of sp³-hybridized carbons (Fsp3) is 0.667. The van der Waals surface area contributed by atoms with Crippen LogP contribution in [0.3, 0.4) is 0 Å². The summed E-state index contributed by atoms with van der Waals surface area (Å²) in [6, 6.07) is 5.93. The molecule has 4 heteroatoms. The monoisotopic (exact) mass is 307 g/mol. The number of aliphatic hydroxyl groups is 1. The van der Waals surface area contributed by atoms with Crippen LogP contribution in [0.4, 0.5) is 0 Å². The van der Waals surface area contributed by atoms with Gasteiger partial charge in [0.05, 0.1) is 6.61 Å². The minimum absolute atomic E-state index is 0.207. The van der Waals surface area contributed by atoms with Gasteiger partial charge < -0.3 is 20.3 Å². The average Bonchev–Trinajstić information content (AvgIpc) is 2.55. The van der Waals surface area contributed by atoms with Crippen LogP contribution in [-0.4, -0.2) is 29.5 Å². The number of aliphatic hydroxyl groups excluding tert-OH is 1. The van der Waals surface area contributed by atoms with Gasteiger partial charge >= 0.3 is 0 Å². The third-order valence-corrected chi connectivity index (χ3v) is 4.60. The van der Waals surface area contributed by atoms with E-state index in [-0.39, 0.29) is 12.4 Å². The summed E-state index contributed by atoms with van der Waals surface area (Å²) in [5.41, 5.74) is 0.852. The SMILES string of the molecule is CCOc1cccc(CNC(CCO)C2CCCCC2)c1O. The van der Waals surface area contributed by atoms with Crippen LogP contribution in [0.15, 0.2) is 18.2 Å². The zero-order valence-electron chi connectivity index (χ0n) is 13.6. The van der Waals surface area contributed by atoms with Crippen LogP contribution in [0, 0.1) is 5.92 Å². The third-order valence-electron chi connectivity index (χ3n) is 4.60. The van der Waals surface area contributed by atoms with E-state index >= 15 is 0 Å². The molecule has 0 radical (unpaired) electrons. The van der Waals surface area contributed by atoms with Crippen molar-refractivity contribution < 1.29 is 14.9 Å². The van der Waals surface area contributed by atoms with Gasteiger partial charge in [-0.25, -0.2) is 0 Å². The van der Waals surface area contributed by atoms with E-state index in [0.717, 1.165) is 12.0 Å². The number of hydrogen-bond donors (Lipinski definition) is 3. The summed E-state index contributed by atoms with van der Waals surface area (Å²) in [5.74, 6) is 1.40. The van der Waals surface area contributed by atoms with Gasteiger partial charge in [-0.3, -0.25) is 0 Å². The van der Waals surface area contributed by atoms with Crippen molar-refractivity contribution in [2.45, 2.75) is 58.0 Å². The molecular weight excluding hydrogens is 278 g/mol. The second-order valence-electron chi connectivity index (χ2n) is 6.09. The van der Waals surface area contributed by atoms with Crippen LogP contribution < -0.4 is 10.1 Å². The average molecular weight is 307 g/mol. The molecule has 22 heavy (non-hydrogen) atoms. The lowest BCUT2D eigenvalue weighted by molar-refractivity contribution is 0.205. The van der Waals surface area contributed by atoms with Gasteiger partial charge in [0.25, 0.3) is 0 Å². The molecule has 1 aromatic rings. The molecule has 3 N–H and O–H groups in total. The minimum atomic E-state index is 0.207. The van der Waals surface area contributed by atoms with Crippen molar-refractivity contribution in [2.75, 3.05) is 13.2 Å². The van der Waals surface area contributed by atoms with Crippen molar-refractivity contribution in [3.8, 4) is 11.5 Å². The molecule has 1 saturated carbocycles. The lowest BCUT2D eigenvalue weighted by Crippen LogP contribution is -2.37. The van der Waals surface area contributed by atoms with Crippen LogP contribution in [0.2, 0.25) is 0 Å². The first-order valence-corrected chi connectivity index (χ1v) is 8.54. The zero-order chi connectivity index (χ0) is 15.8. The van der Waals surface area contributed by atoms with Crippen molar-refractivity contribution in [2.24, 2.45) is 5.92 Å². The highest BCUT2D eigenvalue weighted by atomic mass is 16.5. The molecule has 0 amide bonds. The van der Waals surface area contributed by atoms with E-state index in [0.29, 0.717) is 30.9 Å². The van der Waals surface area contributed by atoms with Gasteiger partial charge in [0.15, 0.2) is 11.5 Å². The number of phenolic OH excluding ortho intramolecular Hbond substituents is 1. The van der Waals surface area contributed by atoms with Crippen molar-refractivity contribution in [1.29, 1.82) is 0 Å². The van der Waals surface area contributed by atoms with Crippen molar-refractivity contribution >= 4 is 0 Å². The zero-order valence-corrected chi connectivity index (χ0v) is 13.6. The Morgan fingerprint density at radius 1 is 1.27 bits per heavy atom. The van der Waals surface area contributed by atoms with E-state index in [1.807, 2.05) is 19.1 Å². The number of aromatic hydroxyl groups is 1. The van der Waals surface area contributed by atoms with Crippen molar-refractivity contribution in [1.82, 2.24) is 5.32 Å². The minimum Gasteiger partial charge on any atom is -0.504 e. The standard InChI is InChI=1S/C18H29NO3/c1-2-22-17-10-6-9-15(18(17)21)13-19-16(11-12-20)14-7-4-3-5-8-14/h6,9-10,14,16,19-21H,2-5,7-8,11-13H2,1H3. The molecule has 0 heterocycles. The number of para-hydroxylation sites is 1. The Balaban J connectivity index is 1.98. The summed E-state index contributed by atoms with van der Waals surface area (Å²) in [6.07, 6.45) is 7.17. The van der Waals surface area contributed by atoms with Crippen LogP contribution in [-0.2, 0) is 6.54 Å². The predicted octanol–water partition coefficient (Wildman–Crippen LogP) is 3.21. The molecule has 0 bridgehead atoms. The second-order valence-corrected chi connectivity index (χ2v) is 6.09. The van der Waals surface area contributed by atoms with Gasteiger partial charge in [-0.05, 0) is 38.2 Å². The van der Waals surface area contributed by atoms with Crippen LogP contribution in [0.25, 0.3) is 0 Å². The maximum atomic E-state index is 10.3. The molecule has 1 atom stereocenters. The number of hydrogen-bond acceptors (Lipinski definition) is 4. The molecule has 2 rings (SSSR count). The summed E-state index contributed by atoms with van der Waals surface area (Å²) >= 11 is 0. The second kappa shape index (κ2) is 9.01. The number of rotatable bonds is 8. The van der Waals surface area contributed by atoms with E-state index < -0.39 is 0 Å². The maximum Gasteiger partial charge on any atom is 0.162 e. The molecule has 0 spiro atoms. The molecule has 0 aromatic heterocycles. The van der Waals surface area contributed by atoms with E-state index in [1.54, 1.807) is 6.07 Å². The van der Waals surface area contributed by atoms with Crippen molar-refractivity contribution in [3.63, 3.8) is 0 Å². The highest BCUT2D eigenvalue weighted by molar-refractivity contribution is 5.45. The fourth-order valence-electron chi connectivity index (χ4n) is 3.40. The summed E-state index contributed by atoms with van der Waals surface area (Å²) in [4.78, 5) is 0. The Morgan fingerprint density at radius 2 is 2.05 bits per heavy atom. The number of benzene rings is 1. The Labute approximate surface area is 133 Å². The predicted molar refractivity (Wildman–Crippen MR) is 88.2 cm³/mol. The maximum absolute atomic E-state index is 10.3. The molecule has 0 saturated heterocycles. The Hall–Kier alpha value is -1.26. The van der Waals surface area contributed by atoms with E-state index in [2.05, 4.69) is 5.32 Å². The molecular formula is C18H29NO3. The molecule has 1 fully saturated rings. The lowest BCUT2D eigenvalue weighted by Gasteiger charge is -2.31. The number of phenols is 1. The molecule has 1 unspecified atom stereocenters. The van der Waals surface area contributed by atoms with Crippen molar-refractivity contribution in [3.05, 3.63) is 23.8 Å². The normalized spacial score (nSPS) is 17.4. The van der Waals surface area contributed by atoms with Gasteiger partial charge in [-0.2, -0.15) is 0 Å². The van der Waals surface area contributed by atoms with Crippen LogP contribution in [0.5, 0.6) is 11.5 Å². The Morgan fingerprint density at radius 3 is 2.73 bits per heavy atom. The van der Waals surface area contributed by atoms with Crippen LogP contribution >= 0.6 is 0 Å². The quantitative estimate of drug-likeness (QED) is 0.690. The largest absolute Gasteiger partial charge is 0.504 e. The van der Waals surface area contributed by atoms with E-state index in [4.69, 9.17) is 4.74 Å². The molecule has 1 aromatic carbocycles. The van der Waals surface area contributed by atoms with Gasteiger partial charge in [-0.15, -0.1) is 0 Å². The highest BCUT2D eigenvalue weighted by Gasteiger charge is 2.23. The van der Waals surface area contributed by atoms with Gasteiger partial charge in [0, 0.05) is 24.8 Å². The first-order chi connectivity index (χ1) is 10.8. The van der Waals surface area contributed by atoms with E-state index in [9.17, 15) is 10.2 Å². The van der Waals surface area contributed by atoms with Crippen LogP contribution in [0.1, 0.15) is 51.0 Å². The molecule has 1 aliphatic rings. The third kappa shape index (κ3) is 4.62. The first-order valence-electron chi connectivity index (χ1n) is 8.54. The summed E-state index contributed by atoms with van der Waals surface area (Å²) in [7, 11) is 0. The lowest BCUT2D eigenvalue weighted by atomic mass is 9.82. The summed E-state index contributed by atoms with van der Waals surface area (Å²) < 4.78 is 5.43. The molecule has 4 nitrogen and oxygen atoms in total. The van der Waals surface area contributed by atoms with Gasteiger partial charge in [0.1, 0.15) is 0 Å². The fourth-order valence-corrected chi connectivity index (χ4v) is 3.40. The topological polar surface area (TPSA) is 61.7 Å². The smallest absolute Gasteiger partial charge is 0.162 e. The van der Waals surface area contributed by atoms with Gasteiger partial charge in [-0.1, -0.05) is 31.4 Å². The molecule has 1 aliphatic carbocycles. The molecule has 0 aliphatic heterocycles. The molecule has 124 valence electrons. The Bertz CT molecular complexity index is 444. The highest BCUT2D eigenvalue weighted by Crippen LogP contribution is 2.31. The summed E-state index contributed by atoms with van der Waals surface area (Å²) in [6.45, 7) is 3.26. The summed E-state index contributed by atoms with van der Waals surface area (Å²) in [5, 5.41) is 23.1. The van der Waals surface area contributed by atoms with Gasteiger partial charge in [0.2, 0.25) is 0 Å². The first kappa shape index (κ1) is 17.1. The Kier molecular flexibility index (Phi) is 7.00. The van der Waals surface area contributed by atoms with E-state index in [1.165, 1.54) is 32.1 Å².